The maximum atomic E-state index is 13.1. The van der Waals surface area contributed by atoms with Gasteiger partial charge in [0.1, 0.15) is 0 Å². The Morgan fingerprint density at radius 1 is 1.27 bits per heavy atom. The number of likely N-dealkylation sites (N-methyl/N-ethyl adjacent to an activating group) is 1. The summed E-state index contributed by atoms with van der Waals surface area (Å²) in [6.45, 7) is 11.7. The van der Waals surface area contributed by atoms with Gasteiger partial charge in [-0.25, -0.2) is 0 Å². The number of carbonyl (C=O) groups excluding carboxylic acids is 1. The summed E-state index contributed by atoms with van der Waals surface area (Å²) in [6, 6.07) is 8.80. The van der Waals surface area contributed by atoms with Gasteiger partial charge in [0, 0.05) is 43.3 Å². The second kappa shape index (κ2) is 10.3. The standard InChI is InChI=1S/C21H34ClN3O/c1-5-18(6-2)23-19-13-20(21(26)24(7-3)8-4)25(15-19)14-16-10-9-11-17(22)12-16/h9-12,18-20,23H,5-8,13-15H2,1-4H3/t19-,20-/m0/s1. The van der Waals surface area contributed by atoms with Crippen molar-refractivity contribution in [3.05, 3.63) is 34.9 Å². The van der Waals surface area contributed by atoms with E-state index in [4.69, 9.17) is 11.6 Å². The molecule has 1 aromatic carbocycles. The van der Waals surface area contributed by atoms with Crippen LogP contribution in [-0.4, -0.2) is 53.5 Å². The molecule has 0 aromatic heterocycles. The predicted octanol–water partition coefficient (Wildman–Crippen LogP) is 3.93. The van der Waals surface area contributed by atoms with Crippen molar-refractivity contribution < 1.29 is 4.79 Å². The molecule has 5 heteroatoms. The first kappa shape index (κ1) is 21.2. The molecule has 1 aromatic rings. The molecule has 1 N–H and O–H groups in total. The summed E-state index contributed by atoms with van der Waals surface area (Å²) in [4.78, 5) is 17.4. The lowest BCUT2D eigenvalue weighted by molar-refractivity contribution is -0.135. The van der Waals surface area contributed by atoms with Crippen LogP contribution in [0.3, 0.4) is 0 Å². The molecule has 0 bridgehead atoms. The van der Waals surface area contributed by atoms with E-state index in [9.17, 15) is 4.79 Å². The monoisotopic (exact) mass is 379 g/mol. The first-order valence-corrected chi connectivity index (χ1v) is 10.4. The van der Waals surface area contributed by atoms with Crippen LogP contribution in [0.5, 0.6) is 0 Å². The Hall–Kier alpha value is -1.10. The molecule has 146 valence electrons. The van der Waals surface area contributed by atoms with Crippen LogP contribution in [0.4, 0.5) is 0 Å². The van der Waals surface area contributed by atoms with Crippen LogP contribution in [0, 0.1) is 0 Å². The Kier molecular flexibility index (Phi) is 8.39. The highest BCUT2D eigenvalue weighted by Gasteiger charge is 2.38. The molecule has 1 amide bonds. The second-order valence-corrected chi connectivity index (χ2v) is 7.63. The summed E-state index contributed by atoms with van der Waals surface area (Å²) < 4.78 is 0. The number of rotatable bonds is 9. The number of benzene rings is 1. The van der Waals surface area contributed by atoms with Gasteiger partial charge in [0.25, 0.3) is 0 Å². The van der Waals surface area contributed by atoms with E-state index >= 15 is 0 Å². The molecule has 0 radical (unpaired) electrons. The summed E-state index contributed by atoms with van der Waals surface area (Å²) in [7, 11) is 0. The summed E-state index contributed by atoms with van der Waals surface area (Å²) in [5, 5.41) is 4.51. The molecule has 1 saturated heterocycles. The van der Waals surface area contributed by atoms with E-state index in [0.29, 0.717) is 12.1 Å². The topological polar surface area (TPSA) is 35.6 Å². The zero-order valence-corrected chi connectivity index (χ0v) is 17.4. The van der Waals surface area contributed by atoms with Gasteiger partial charge >= 0.3 is 0 Å². The minimum Gasteiger partial charge on any atom is -0.342 e. The van der Waals surface area contributed by atoms with E-state index in [0.717, 1.165) is 56.0 Å². The van der Waals surface area contributed by atoms with Crippen molar-refractivity contribution in [2.45, 2.75) is 71.6 Å². The predicted molar refractivity (Wildman–Crippen MR) is 109 cm³/mol. The van der Waals surface area contributed by atoms with Gasteiger partial charge in [-0.1, -0.05) is 37.6 Å². The van der Waals surface area contributed by atoms with Crippen LogP contribution >= 0.6 is 11.6 Å². The number of hydrogen-bond donors (Lipinski definition) is 1. The van der Waals surface area contributed by atoms with Crippen LogP contribution in [0.15, 0.2) is 24.3 Å². The number of halogens is 1. The van der Waals surface area contributed by atoms with Gasteiger partial charge in [-0.2, -0.15) is 0 Å². The molecule has 0 aliphatic carbocycles. The van der Waals surface area contributed by atoms with Crippen molar-refractivity contribution >= 4 is 17.5 Å². The SMILES string of the molecule is CCC(CC)N[C@H]1C[C@@H](C(=O)N(CC)CC)N(Cc2cccc(Cl)c2)C1. The van der Waals surface area contributed by atoms with E-state index in [-0.39, 0.29) is 11.9 Å². The van der Waals surface area contributed by atoms with Crippen molar-refractivity contribution in [2.24, 2.45) is 0 Å². The third kappa shape index (κ3) is 5.45. The third-order valence-electron chi connectivity index (χ3n) is 5.50. The van der Waals surface area contributed by atoms with E-state index < -0.39 is 0 Å². The van der Waals surface area contributed by atoms with Crippen molar-refractivity contribution in [3.8, 4) is 0 Å². The summed E-state index contributed by atoms with van der Waals surface area (Å²) in [5.74, 6) is 0.255. The van der Waals surface area contributed by atoms with Gasteiger partial charge in [-0.3, -0.25) is 9.69 Å². The van der Waals surface area contributed by atoms with E-state index in [1.54, 1.807) is 0 Å². The Labute approximate surface area is 163 Å². The van der Waals surface area contributed by atoms with Gasteiger partial charge < -0.3 is 10.2 Å². The van der Waals surface area contributed by atoms with Crippen LogP contribution in [0.2, 0.25) is 5.02 Å². The fraction of sp³-hybridized carbons (Fsp3) is 0.667. The number of nitrogens with zero attached hydrogens (tertiary/aromatic N) is 2. The van der Waals surface area contributed by atoms with Crippen LogP contribution < -0.4 is 5.32 Å². The fourth-order valence-electron chi connectivity index (χ4n) is 3.93. The first-order chi connectivity index (χ1) is 12.5. The van der Waals surface area contributed by atoms with Crippen molar-refractivity contribution in [1.82, 2.24) is 15.1 Å². The number of amides is 1. The van der Waals surface area contributed by atoms with Crippen molar-refractivity contribution in [2.75, 3.05) is 19.6 Å². The summed E-state index contributed by atoms with van der Waals surface area (Å²) in [5.41, 5.74) is 1.16. The van der Waals surface area contributed by atoms with Crippen LogP contribution in [0.1, 0.15) is 52.5 Å². The van der Waals surface area contributed by atoms with Crippen LogP contribution in [-0.2, 0) is 11.3 Å². The zero-order valence-electron chi connectivity index (χ0n) is 16.7. The summed E-state index contributed by atoms with van der Waals surface area (Å²) >= 11 is 6.15. The maximum Gasteiger partial charge on any atom is 0.239 e. The second-order valence-electron chi connectivity index (χ2n) is 7.20. The number of nitrogens with one attached hydrogen (secondary N) is 1. The van der Waals surface area contributed by atoms with E-state index in [2.05, 4.69) is 44.0 Å². The number of hydrogen-bond acceptors (Lipinski definition) is 3. The minimum absolute atomic E-state index is 0.0549. The largest absolute Gasteiger partial charge is 0.342 e. The third-order valence-corrected chi connectivity index (χ3v) is 5.73. The Bertz CT molecular complexity index is 572. The molecule has 4 nitrogen and oxygen atoms in total. The molecule has 26 heavy (non-hydrogen) atoms. The number of likely N-dealkylation sites (tertiary alicyclic amines) is 1. The molecule has 1 heterocycles. The Morgan fingerprint density at radius 2 is 1.96 bits per heavy atom. The van der Waals surface area contributed by atoms with Gasteiger partial charge in [0.15, 0.2) is 0 Å². The molecule has 0 spiro atoms. The quantitative estimate of drug-likeness (QED) is 0.706. The maximum absolute atomic E-state index is 13.1. The first-order valence-electron chi connectivity index (χ1n) is 10.1. The molecule has 0 unspecified atom stereocenters. The molecule has 2 rings (SSSR count). The smallest absolute Gasteiger partial charge is 0.239 e. The van der Waals surface area contributed by atoms with Gasteiger partial charge in [-0.05, 0) is 50.8 Å². The van der Waals surface area contributed by atoms with E-state index in [1.165, 1.54) is 0 Å². The zero-order chi connectivity index (χ0) is 19.1. The highest BCUT2D eigenvalue weighted by atomic mass is 35.5. The Balaban J connectivity index is 2.15. The van der Waals surface area contributed by atoms with Gasteiger partial charge in [-0.15, -0.1) is 0 Å². The molecule has 0 saturated carbocycles. The highest BCUT2D eigenvalue weighted by molar-refractivity contribution is 6.30. The number of carbonyl (C=O) groups is 1. The normalized spacial score (nSPS) is 20.7. The molecule has 1 aliphatic rings. The average Bonchev–Trinajstić information content (AvgIpc) is 3.02. The van der Waals surface area contributed by atoms with Crippen molar-refractivity contribution in [1.29, 1.82) is 0 Å². The molecular formula is C21H34ClN3O. The molecule has 2 atom stereocenters. The lowest BCUT2D eigenvalue weighted by atomic mass is 10.1. The lowest BCUT2D eigenvalue weighted by Crippen LogP contribution is -2.45. The van der Waals surface area contributed by atoms with E-state index in [1.807, 2.05) is 23.1 Å². The average molecular weight is 380 g/mol. The van der Waals surface area contributed by atoms with Crippen LogP contribution in [0.25, 0.3) is 0 Å². The Morgan fingerprint density at radius 3 is 2.54 bits per heavy atom. The lowest BCUT2D eigenvalue weighted by Gasteiger charge is -2.28. The van der Waals surface area contributed by atoms with Gasteiger partial charge in [0.05, 0.1) is 6.04 Å². The summed E-state index contributed by atoms with van der Waals surface area (Å²) in [6.07, 6.45) is 3.12. The van der Waals surface area contributed by atoms with Crippen molar-refractivity contribution in [3.63, 3.8) is 0 Å². The minimum atomic E-state index is -0.0549. The molecule has 1 aliphatic heterocycles. The highest BCUT2D eigenvalue weighted by Crippen LogP contribution is 2.24. The fourth-order valence-corrected chi connectivity index (χ4v) is 4.14. The molecule has 1 fully saturated rings. The van der Waals surface area contributed by atoms with Gasteiger partial charge in [0.2, 0.25) is 5.91 Å². The molecular weight excluding hydrogens is 346 g/mol.